The molecule has 0 radical (unpaired) electrons. The molecule has 0 spiro atoms. The number of benzene rings is 2. The third-order valence-corrected chi connectivity index (χ3v) is 4.70. The Morgan fingerprint density at radius 3 is 2.61 bits per heavy atom. The zero-order valence-corrected chi connectivity index (χ0v) is 13.6. The maximum absolute atomic E-state index is 5.53. The van der Waals surface area contributed by atoms with Gasteiger partial charge in [0.1, 0.15) is 0 Å². The molecule has 0 saturated carbocycles. The summed E-state index contributed by atoms with van der Waals surface area (Å²) in [6.07, 6.45) is 2.91. The number of pyridine rings is 1. The Hall–Kier alpha value is -2.55. The minimum atomic E-state index is 0.297. The Morgan fingerprint density at radius 1 is 1.04 bits per heavy atom. The van der Waals surface area contributed by atoms with Crippen molar-refractivity contribution in [3.63, 3.8) is 0 Å². The van der Waals surface area contributed by atoms with E-state index in [0.717, 1.165) is 29.2 Å². The molecule has 1 aromatic heterocycles. The summed E-state index contributed by atoms with van der Waals surface area (Å²) in [5.41, 5.74) is 5.92. The molecule has 1 aliphatic heterocycles. The predicted octanol–water partition coefficient (Wildman–Crippen LogP) is 4.81. The van der Waals surface area contributed by atoms with Crippen molar-refractivity contribution in [2.75, 3.05) is 6.79 Å². The van der Waals surface area contributed by atoms with Crippen LogP contribution in [-0.4, -0.2) is 11.8 Å². The molecule has 0 bridgehead atoms. The van der Waals surface area contributed by atoms with Crippen molar-refractivity contribution in [2.24, 2.45) is 0 Å². The van der Waals surface area contributed by atoms with Gasteiger partial charge >= 0.3 is 0 Å². The summed E-state index contributed by atoms with van der Waals surface area (Å²) in [7, 11) is 0. The van der Waals surface area contributed by atoms with E-state index in [1.165, 1.54) is 27.5 Å². The first-order valence-corrected chi connectivity index (χ1v) is 7.96. The zero-order valence-electron chi connectivity index (χ0n) is 13.6. The lowest BCUT2D eigenvalue weighted by Crippen LogP contribution is -1.93. The van der Waals surface area contributed by atoms with Gasteiger partial charge in [-0.15, -0.1) is 0 Å². The van der Waals surface area contributed by atoms with E-state index >= 15 is 0 Å². The second-order valence-electron chi connectivity index (χ2n) is 6.01. The third-order valence-electron chi connectivity index (χ3n) is 4.70. The summed E-state index contributed by atoms with van der Waals surface area (Å²) in [4.78, 5) is 4.72. The highest BCUT2D eigenvalue weighted by Gasteiger charge is 2.18. The van der Waals surface area contributed by atoms with E-state index in [0.29, 0.717) is 6.79 Å². The Bertz CT molecular complexity index is 915. The molecule has 116 valence electrons. The molecule has 0 amide bonds. The van der Waals surface area contributed by atoms with Crippen LogP contribution in [0.2, 0.25) is 0 Å². The van der Waals surface area contributed by atoms with E-state index in [-0.39, 0.29) is 0 Å². The number of nitrogens with zero attached hydrogens (tertiary/aromatic N) is 1. The minimum absolute atomic E-state index is 0.297. The molecule has 23 heavy (non-hydrogen) atoms. The summed E-state index contributed by atoms with van der Waals surface area (Å²) in [5, 5.41) is 2.44. The highest BCUT2D eigenvalue weighted by Crippen LogP contribution is 2.39. The van der Waals surface area contributed by atoms with Gasteiger partial charge in [-0.3, -0.25) is 4.98 Å². The fourth-order valence-electron chi connectivity index (χ4n) is 3.14. The average Bonchev–Trinajstić information content (AvgIpc) is 3.04. The summed E-state index contributed by atoms with van der Waals surface area (Å²) >= 11 is 0. The third kappa shape index (κ3) is 2.24. The van der Waals surface area contributed by atoms with Crippen molar-refractivity contribution in [2.45, 2.75) is 27.2 Å². The van der Waals surface area contributed by atoms with Crippen LogP contribution in [0, 0.1) is 13.8 Å². The SMILES string of the molecule is CCc1cc2c(cc1-c1cc3ccc(C)c(C)c3cn1)OCO2. The van der Waals surface area contributed by atoms with Crippen LogP contribution in [0.15, 0.2) is 36.5 Å². The normalized spacial score (nSPS) is 12.8. The number of rotatable bonds is 2. The van der Waals surface area contributed by atoms with Crippen LogP contribution in [0.5, 0.6) is 11.5 Å². The van der Waals surface area contributed by atoms with Gasteiger partial charge < -0.3 is 9.47 Å². The first-order chi connectivity index (χ1) is 11.2. The number of aryl methyl sites for hydroxylation is 3. The largest absolute Gasteiger partial charge is 0.454 e. The number of hydrogen-bond acceptors (Lipinski definition) is 3. The Morgan fingerprint density at radius 2 is 1.83 bits per heavy atom. The molecular weight excluding hydrogens is 286 g/mol. The molecule has 0 aliphatic carbocycles. The van der Waals surface area contributed by atoms with Crippen molar-refractivity contribution in [1.82, 2.24) is 4.98 Å². The van der Waals surface area contributed by atoms with Crippen LogP contribution in [0.3, 0.4) is 0 Å². The van der Waals surface area contributed by atoms with Gasteiger partial charge in [-0.05, 0) is 60.5 Å². The highest BCUT2D eigenvalue weighted by atomic mass is 16.7. The second-order valence-corrected chi connectivity index (χ2v) is 6.01. The lowest BCUT2D eigenvalue weighted by atomic mass is 9.97. The topological polar surface area (TPSA) is 31.4 Å². The quantitative estimate of drug-likeness (QED) is 0.681. The van der Waals surface area contributed by atoms with Crippen LogP contribution in [0.1, 0.15) is 23.6 Å². The molecule has 2 aromatic carbocycles. The Balaban J connectivity index is 1.91. The average molecular weight is 305 g/mol. The van der Waals surface area contributed by atoms with Gasteiger partial charge in [-0.25, -0.2) is 0 Å². The summed E-state index contributed by atoms with van der Waals surface area (Å²) in [5.74, 6) is 1.64. The molecule has 0 fully saturated rings. The smallest absolute Gasteiger partial charge is 0.231 e. The number of hydrogen-bond donors (Lipinski definition) is 0. The van der Waals surface area contributed by atoms with Crippen LogP contribution in [0.25, 0.3) is 22.0 Å². The molecule has 0 N–H and O–H groups in total. The van der Waals surface area contributed by atoms with E-state index in [2.05, 4.69) is 51.1 Å². The van der Waals surface area contributed by atoms with Crippen LogP contribution in [-0.2, 0) is 6.42 Å². The van der Waals surface area contributed by atoms with Gasteiger partial charge in [0.25, 0.3) is 0 Å². The number of aromatic nitrogens is 1. The van der Waals surface area contributed by atoms with E-state index < -0.39 is 0 Å². The Kier molecular flexibility index (Phi) is 3.22. The van der Waals surface area contributed by atoms with Crippen LogP contribution in [0.4, 0.5) is 0 Å². The van der Waals surface area contributed by atoms with Crippen molar-refractivity contribution in [1.29, 1.82) is 0 Å². The Labute approximate surface area is 135 Å². The first-order valence-electron chi connectivity index (χ1n) is 7.96. The minimum Gasteiger partial charge on any atom is -0.454 e. The summed E-state index contributed by atoms with van der Waals surface area (Å²) in [6, 6.07) is 10.6. The molecule has 3 aromatic rings. The van der Waals surface area contributed by atoms with Crippen molar-refractivity contribution >= 4 is 10.8 Å². The zero-order chi connectivity index (χ0) is 16.0. The number of fused-ring (bicyclic) bond motifs is 2. The van der Waals surface area contributed by atoms with Gasteiger partial charge in [0, 0.05) is 17.1 Å². The highest BCUT2D eigenvalue weighted by molar-refractivity contribution is 5.89. The molecular formula is C20H19NO2. The maximum atomic E-state index is 5.53. The maximum Gasteiger partial charge on any atom is 0.231 e. The van der Waals surface area contributed by atoms with Crippen LogP contribution < -0.4 is 9.47 Å². The van der Waals surface area contributed by atoms with E-state index in [9.17, 15) is 0 Å². The van der Waals surface area contributed by atoms with E-state index in [1.54, 1.807) is 0 Å². The molecule has 1 aliphatic rings. The van der Waals surface area contributed by atoms with Crippen molar-refractivity contribution < 1.29 is 9.47 Å². The van der Waals surface area contributed by atoms with Crippen LogP contribution >= 0.6 is 0 Å². The van der Waals surface area contributed by atoms with Gasteiger partial charge in [0.05, 0.1) is 5.69 Å². The van der Waals surface area contributed by atoms with E-state index in [4.69, 9.17) is 14.5 Å². The number of ether oxygens (including phenoxy) is 2. The fourth-order valence-corrected chi connectivity index (χ4v) is 3.14. The van der Waals surface area contributed by atoms with Gasteiger partial charge in [0.2, 0.25) is 6.79 Å². The first kappa shape index (κ1) is 14.1. The fraction of sp³-hybridized carbons (Fsp3) is 0.250. The second kappa shape index (κ2) is 5.27. The molecule has 3 heteroatoms. The molecule has 0 unspecified atom stereocenters. The van der Waals surface area contributed by atoms with Gasteiger partial charge in [-0.1, -0.05) is 19.1 Å². The lowest BCUT2D eigenvalue weighted by Gasteiger charge is -2.11. The van der Waals surface area contributed by atoms with Gasteiger partial charge in [0.15, 0.2) is 11.5 Å². The molecule has 2 heterocycles. The molecule has 0 saturated heterocycles. The lowest BCUT2D eigenvalue weighted by molar-refractivity contribution is 0.174. The summed E-state index contributed by atoms with van der Waals surface area (Å²) < 4.78 is 11.0. The molecule has 4 rings (SSSR count). The summed E-state index contributed by atoms with van der Waals surface area (Å²) in [6.45, 7) is 6.73. The standard InChI is InChI=1S/C20H19NO2/c1-4-14-8-19-20(23-11-22-19)9-16(14)18-7-15-6-5-12(2)13(3)17(15)10-21-18/h5-10H,4,11H2,1-3H3. The van der Waals surface area contributed by atoms with E-state index in [1.807, 2.05) is 6.20 Å². The monoisotopic (exact) mass is 305 g/mol. The van der Waals surface area contributed by atoms with Crippen molar-refractivity contribution in [3.05, 3.63) is 53.2 Å². The molecule has 0 atom stereocenters. The predicted molar refractivity (Wildman–Crippen MR) is 92.2 cm³/mol. The van der Waals surface area contributed by atoms with Crippen molar-refractivity contribution in [3.8, 4) is 22.8 Å². The molecule has 3 nitrogen and oxygen atoms in total. The van der Waals surface area contributed by atoms with Gasteiger partial charge in [-0.2, -0.15) is 0 Å².